The maximum atomic E-state index is 14.0. The zero-order valence-electron chi connectivity index (χ0n) is 26.1. The van der Waals surface area contributed by atoms with E-state index in [1.54, 1.807) is 13.8 Å². The zero-order chi connectivity index (χ0) is 31.6. The minimum atomic E-state index is -0.968. The molecule has 5 bridgehead atoms. The number of nitrogens with zero attached hydrogens (tertiary/aromatic N) is 2. The van der Waals surface area contributed by atoms with Crippen molar-refractivity contribution in [3.63, 3.8) is 0 Å². The van der Waals surface area contributed by atoms with Gasteiger partial charge in [0, 0.05) is 24.5 Å². The van der Waals surface area contributed by atoms with Gasteiger partial charge in [-0.15, -0.1) is 0 Å². The highest BCUT2D eigenvalue weighted by Crippen LogP contribution is 2.37. The van der Waals surface area contributed by atoms with E-state index in [4.69, 9.17) is 14.5 Å². The van der Waals surface area contributed by atoms with Crippen molar-refractivity contribution in [2.24, 2.45) is 17.3 Å². The van der Waals surface area contributed by atoms with E-state index in [0.717, 1.165) is 16.5 Å². The quantitative estimate of drug-likeness (QED) is 0.444. The van der Waals surface area contributed by atoms with Crippen LogP contribution in [-0.2, 0) is 28.7 Å². The summed E-state index contributed by atoms with van der Waals surface area (Å²) in [5, 5.41) is 8.08. The van der Waals surface area contributed by atoms with Crippen LogP contribution in [-0.4, -0.2) is 71.6 Å². The number of hydrogen-bond acceptors (Lipinski definition) is 8. The second-order valence-electron chi connectivity index (χ2n) is 12.7. The summed E-state index contributed by atoms with van der Waals surface area (Å²) in [4.78, 5) is 58.8. The Hall–Kier alpha value is -3.83. The Morgan fingerprint density at radius 3 is 2.55 bits per heavy atom. The summed E-state index contributed by atoms with van der Waals surface area (Å²) in [6, 6.07) is 7.16. The van der Waals surface area contributed by atoms with Gasteiger partial charge < -0.3 is 20.1 Å². The Balaban J connectivity index is 1.54. The van der Waals surface area contributed by atoms with Gasteiger partial charge in [-0.05, 0) is 63.6 Å². The number of nitrogens with one attached hydrogen (secondary N) is 3. The number of ether oxygens (including phenoxy) is 2. The number of carbonyl (C=O) groups excluding carboxylic acids is 4. The molecule has 6 atom stereocenters. The lowest BCUT2D eigenvalue weighted by molar-refractivity contribution is -0.157. The van der Waals surface area contributed by atoms with Crippen LogP contribution in [0.25, 0.3) is 17.0 Å². The standard InChI is InChI=1S/C33H43N5O6/c1-19(2)28-29(39)34-20(3)30(40)38-15-6-7-26(37-38)31(41)44-21(4)25-11-10-23-9-8-22(17-27(23)35-25)12-14-33(5,32(42)36-28)24-13-16-43-18-24/h8-12,14,17,19-21,24,26,28,37H,6-7,13,15-16,18H2,1-5H3,(H,34,39)(H,36,42)/b14-12+/t20-,21+,24?,26-,28-,33?/m0/s1. The van der Waals surface area contributed by atoms with E-state index in [9.17, 15) is 19.2 Å². The highest BCUT2D eigenvalue weighted by molar-refractivity contribution is 5.94. The molecular formula is C33H43N5O6. The molecule has 2 fully saturated rings. The molecule has 2 unspecified atom stereocenters. The third-order valence-corrected chi connectivity index (χ3v) is 9.04. The number of hydrazine groups is 1. The molecule has 3 N–H and O–H groups in total. The summed E-state index contributed by atoms with van der Waals surface area (Å²) in [5.41, 5.74) is 4.21. The summed E-state index contributed by atoms with van der Waals surface area (Å²) in [6.45, 7) is 10.3. The fourth-order valence-electron chi connectivity index (χ4n) is 6.02. The van der Waals surface area contributed by atoms with Gasteiger partial charge in [0.25, 0.3) is 5.91 Å². The minimum Gasteiger partial charge on any atom is -0.455 e. The number of esters is 1. The molecular weight excluding hydrogens is 562 g/mol. The number of carbonyl (C=O) groups is 4. The first-order valence-corrected chi connectivity index (χ1v) is 15.5. The fourth-order valence-corrected chi connectivity index (χ4v) is 6.02. The highest BCUT2D eigenvalue weighted by Gasteiger charge is 2.43. The van der Waals surface area contributed by atoms with Gasteiger partial charge in [-0.1, -0.05) is 44.2 Å². The van der Waals surface area contributed by atoms with Gasteiger partial charge in [-0.25, -0.2) is 10.4 Å². The Bertz CT molecular complexity index is 1450. The molecule has 2 aromatic rings. The highest BCUT2D eigenvalue weighted by atomic mass is 16.5. The van der Waals surface area contributed by atoms with Crippen molar-refractivity contribution in [3.8, 4) is 0 Å². The van der Waals surface area contributed by atoms with Gasteiger partial charge in [-0.2, -0.15) is 0 Å². The summed E-state index contributed by atoms with van der Waals surface area (Å²) < 4.78 is 11.5. The Morgan fingerprint density at radius 2 is 1.82 bits per heavy atom. The first kappa shape index (κ1) is 31.6. The molecule has 1 aromatic carbocycles. The number of amides is 3. The van der Waals surface area contributed by atoms with Crippen LogP contribution < -0.4 is 16.1 Å². The summed E-state index contributed by atoms with van der Waals surface area (Å²) >= 11 is 0. The van der Waals surface area contributed by atoms with Gasteiger partial charge in [0.2, 0.25) is 11.8 Å². The fraction of sp³-hybridized carbons (Fsp3) is 0.545. The topological polar surface area (TPSA) is 139 Å². The van der Waals surface area contributed by atoms with Crippen LogP contribution in [0.1, 0.15) is 71.2 Å². The lowest BCUT2D eigenvalue weighted by atomic mass is 9.74. The molecule has 236 valence electrons. The van der Waals surface area contributed by atoms with E-state index in [0.29, 0.717) is 44.7 Å². The van der Waals surface area contributed by atoms with Crippen molar-refractivity contribution < 1.29 is 28.7 Å². The largest absolute Gasteiger partial charge is 0.455 e. The summed E-state index contributed by atoms with van der Waals surface area (Å²) in [7, 11) is 0. The molecule has 0 radical (unpaired) electrons. The molecule has 3 amide bonds. The molecule has 3 aliphatic rings. The lowest BCUT2D eigenvalue weighted by Crippen LogP contribution is -2.61. The molecule has 2 saturated heterocycles. The lowest BCUT2D eigenvalue weighted by Gasteiger charge is -2.35. The Morgan fingerprint density at radius 1 is 1.05 bits per heavy atom. The predicted octanol–water partition coefficient (Wildman–Crippen LogP) is 3.05. The van der Waals surface area contributed by atoms with Crippen molar-refractivity contribution in [2.45, 2.75) is 78.1 Å². The maximum absolute atomic E-state index is 14.0. The summed E-state index contributed by atoms with van der Waals surface area (Å²) in [5.74, 6) is -1.93. The van der Waals surface area contributed by atoms with Crippen molar-refractivity contribution in [1.82, 2.24) is 26.1 Å². The normalized spacial score (nSPS) is 31.5. The van der Waals surface area contributed by atoms with Crippen LogP contribution in [0.5, 0.6) is 0 Å². The third-order valence-electron chi connectivity index (χ3n) is 9.04. The molecule has 0 aliphatic carbocycles. The average Bonchev–Trinajstić information content (AvgIpc) is 3.57. The van der Waals surface area contributed by atoms with E-state index < -0.39 is 41.5 Å². The number of aromatic nitrogens is 1. The number of benzene rings is 1. The molecule has 5 rings (SSSR count). The van der Waals surface area contributed by atoms with Crippen LogP contribution in [0, 0.1) is 17.3 Å². The smallest absolute Gasteiger partial charge is 0.325 e. The second kappa shape index (κ2) is 13.0. The maximum Gasteiger partial charge on any atom is 0.325 e. The number of hydrogen-bond donors (Lipinski definition) is 3. The molecule has 0 spiro atoms. The Kier molecular flexibility index (Phi) is 9.36. The number of fused-ring (bicyclic) bond motifs is 4. The van der Waals surface area contributed by atoms with E-state index in [1.165, 1.54) is 5.01 Å². The van der Waals surface area contributed by atoms with Crippen molar-refractivity contribution >= 4 is 40.7 Å². The van der Waals surface area contributed by atoms with Gasteiger partial charge in [0.15, 0.2) is 0 Å². The molecule has 11 heteroatoms. The van der Waals surface area contributed by atoms with Gasteiger partial charge in [0.1, 0.15) is 24.2 Å². The number of rotatable bonds is 2. The van der Waals surface area contributed by atoms with Crippen molar-refractivity contribution in [1.29, 1.82) is 0 Å². The van der Waals surface area contributed by atoms with E-state index in [2.05, 4.69) is 16.1 Å². The predicted molar refractivity (Wildman–Crippen MR) is 165 cm³/mol. The number of cyclic esters (lactones) is 1. The van der Waals surface area contributed by atoms with E-state index in [-0.39, 0.29) is 23.7 Å². The van der Waals surface area contributed by atoms with E-state index >= 15 is 0 Å². The molecule has 3 aliphatic heterocycles. The molecule has 4 heterocycles. The van der Waals surface area contributed by atoms with Crippen LogP contribution in [0.4, 0.5) is 0 Å². The van der Waals surface area contributed by atoms with E-state index in [1.807, 2.05) is 63.3 Å². The van der Waals surface area contributed by atoms with Crippen LogP contribution in [0.2, 0.25) is 0 Å². The number of pyridine rings is 1. The zero-order valence-corrected chi connectivity index (χ0v) is 26.1. The monoisotopic (exact) mass is 605 g/mol. The van der Waals surface area contributed by atoms with Crippen LogP contribution in [0.15, 0.2) is 36.4 Å². The Labute approximate surface area is 258 Å². The average molecular weight is 606 g/mol. The van der Waals surface area contributed by atoms with Crippen LogP contribution >= 0.6 is 0 Å². The molecule has 0 saturated carbocycles. The van der Waals surface area contributed by atoms with Gasteiger partial charge in [-0.3, -0.25) is 24.2 Å². The van der Waals surface area contributed by atoms with Crippen molar-refractivity contribution in [2.75, 3.05) is 19.8 Å². The van der Waals surface area contributed by atoms with Gasteiger partial charge >= 0.3 is 5.97 Å². The van der Waals surface area contributed by atoms with Gasteiger partial charge in [0.05, 0.1) is 23.2 Å². The molecule has 1 aromatic heterocycles. The van der Waals surface area contributed by atoms with Crippen LogP contribution in [0.3, 0.4) is 0 Å². The minimum absolute atomic E-state index is 0.0874. The van der Waals surface area contributed by atoms with Crippen molar-refractivity contribution in [3.05, 3.63) is 47.7 Å². The summed E-state index contributed by atoms with van der Waals surface area (Å²) in [6.07, 6.45) is 4.98. The molecule has 44 heavy (non-hydrogen) atoms. The first-order chi connectivity index (χ1) is 21.0. The first-order valence-electron chi connectivity index (χ1n) is 15.5. The second-order valence-corrected chi connectivity index (χ2v) is 12.7. The molecule has 11 nitrogen and oxygen atoms in total. The third kappa shape index (κ3) is 6.63. The SMILES string of the molecule is CC(C)[C@@H]1NC(=O)C(C)(C2CCOC2)/C=C/c2ccc3ccc(nc3c2)[C@@H](C)OC(=O)[C@@H]2CCCN(N2)C(=O)[C@H](C)NC1=O.